The lowest BCUT2D eigenvalue weighted by Crippen LogP contribution is -2.10. The second kappa shape index (κ2) is 15.3. The molecule has 0 spiro atoms. The Kier molecular flexibility index (Phi) is 9.11. The molecule has 1 aromatic heterocycles. The molecule has 0 radical (unpaired) electrons. The van der Waals surface area contributed by atoms with Gasteiger partial charge < -0.3 is 4.90 Å². The summed E-state index contributed by atoms with van der Waals surface area (Å²) in [7, 11) is 0. The molecule has 0 aliphatic heterocycles. The lowest BCUT2D eigenvalue weighted by molar-refractivity contribution is 1.28. The van der Waals surface area contributed by atoms with E-state index in [-0.39, 0.29) is 0 Å². The summed E-state index contributed by atoms with van der Waals surface area (Å²) in [4.78, 5) is 2.38. The van der Waals surface area contributed by atoms with E-state index in [0.717, 1.165) is 17.1 Å². The van der Waals surface area contributed by atoms with Crippen LogP contribution in [0.1, 0.15) is 0 Å². The zero-order valence-corrected chi connectivity index (χ0v) is 33.7. The van der Waals surface area contributed by atoms with Gasteiger partial charge in [-0.15, -0.1) is 11.3 Å². The molecule has 0 bridgehead atoms. The molecule has 1 nitrogen and oxygen atoms in total. The Hall–Kier alpha value is -7.52. The van der Waals surface area contributed by atoms with Gasteiger partial charge >= 0.3 is 0 Å². The minimum atomic E-state index is 1.10. The summed E-state index contributed by atoms with van der Waals surface area (Å²) < 4.78 is 2.65. The molecule has 0 saturated carbocycles. The summed E-state index contributed by atoms with van der Waals surface area (Å²) >= 11 is 1.88. The van der Waals surface area contributed by atoms with Gasteiger partial charge in [0, 0.05) is 37.2 Å². The van der Waals surface area contributed by atoms with Crippen LogP contribution in [-0.2, 0) is 0 Å². The van der Waals surface area contributed by atoms with Gasteiger partial charge in [0.1, 0.15) is 0 Å². The van der Waals surface area contributed by atoms with Crippen molar-refractivity contribution in [1.82, 2.24) is 0 Å². The van der Waals surface area contributed by atoms with Crippen molar-refractivity contribution in [3.63, 3.8) is 0 Å². The van der Waals surface area contributed by atoms with E-state index in [1.54, 1.807) is 0 Å². The fourth-order valence-electron chi connectivity index (χ4n) is 8.75. The van der Waals surface area contributed by atoms with E-state index >= 15 is 0 Å². The molecule has 0 amide bonds. The highest BCUT2D eigenvalue weighted by atomic mass is 32.1. The minimum Gasteiger partial charge on any atom is -0.310 e. The van der Waals surface area contributed by atoms with Crippen LogP contribution in [0, 0.1) is 0 Å². The van der Waals surface area contributed by atoms with Crippen LogP contribution in [0.25, 0.3) is 86.6 Å². The van der Waals surface area contributed by atoms with Crippen LogP contribution in [0.15, 0.2) is 237 Å². The number of fused-ring (bicyclic) bond motifs is 4. The Bertz CT molecular complexity index is 3290. The van der Waals surface area contributed by atoms with Gasteiger partial charge in [-0.25, -0.2) is 0 Å². The maximum atomic E-state index is 2.38. The van der Waals surface area contributed by atoms with Crippen molar-refractivity contribution in [3.8, 4) is 55.6 Å². The maximum Gasteiger partial charge on any atom is 0.0467 e. The summed E-state index contributed by atoms with van der Waals surface area (Å²) in [5.74, 6) is 0. The Labute approximate surface area is 354 Å². The number of thiophene rings is 1. The monoisotopic (exact) mass is 781 g/mol. The lowest BCUT2D eigenvalue weighted by atomic mass is 9.89. The SMILES string of the molecule is c1ccc(-c2cccc(N(c3ccc(-c4ccc(-c5ccccc5)c(-c5cccc6ccccc56)c4)cc3)c3ccc(-c4cccc5c4sc4ccccc45)cc3)c2)cc1. The average molecular weight is 782 g/mol. The minimum absolute atomic E-state index is 1.10. The topological polar surface area (TPSA) is 3.24 Å². The quantitative estimate of drug-likeness (QED) is 0.148. The first kappa shape index (κ1) is 35.6. The molecule has 0 unspecified atom stereocenters. The van der Waals surface area contributed by atoms with Crippen LogP contribution in [0.3, 0.4) is 0 Å². The van der Waals surface area contributed by atoms with Crippen molar-refractivity contribution >= 4 is 59.3 Å². The van der Waals surface area contributed by atoms with E-state index < -0.39 is 0 Å². The lowest BCUT2D eigenvalue weighted by Gasteiger charge is -2.26. The van der Waals surface area contributed by atoms with Gasteiger partial charge in [0.25, 0.3) is 0 Å². The highest BCUT2D eigenvalue weighted by Crippen LogP contribution is 2.43. The molecule has 0 aliphatic carbocycles. The van der Waals surface area contributed by atoms with Gasteiger partial charge in [-0.05, 0) is 115 Å². The van der Waals surface area contributed by atoms with Crippen LogP contribution in [-0.4, -0.2) is 0 Å². The molecule has 11 aromatic rings. The maximum absolute atomic E-state index is 2.38. The predicted octanol–water partition coefficient (Wildman–Crippen LogP) is 17.0. The molecule has 60 heavy (non-hydrogen) atoms. The van der Waals surface area contributed by atoms with Crippen LogP contribution < -0.4 is 4.90 Å². The van der Waals surface area contributed by atoms with Gasteiger partial charge in [-0.2, -0.15) is 0 Å². The number of benzene rings is 10. The Morgan fingerprint density at radius 2 is 0.783 bits per heavy atom. The van der Waals surface area contributed by atoms with Gasteiger partial charge in [-0.3, -0.25) is 0 Å². The number of anilines is 3. The Balaban J connectivity index is 1.00. The van der Waals surface area contributed by atoms with Crippen molar-refractivity contribution in [1.29, 1.82) is 0 Å². The van der Waals surface area contributed by atoms with E-state index in [1.165, 1.54) is 86.6 Å². The molecule has 0 N–H and O–H groups in total. The molecular formula is C58H39NS. The van der Waals surface area contributed by atoms with E-state index in [9.17, 15) is 0 Å². The van der Waals surface area contributed by atoms with Gasteiger partial charge in [-0.1, -0.05) is 188 Å². The number of hydrogen-bond acceptors (Lipinski definition) is 2. The molecule has 0 aliphatic rings. The molecule has 0 fully saturated rings. The van der Waals surface area contributed by atoms with Crippen LogP contribution in [0.5, 0.6) is 0 Å². The first-order valence-corrected chi connectivity index (χ1v) is 21.3. The second-order valence-electron chi connectivity index (χ2n) is 15.3. The molecule has 2 heteroatoms. The fraction of sp³-hybridized carbons (Fsp3) is 0. The standard InChI is InChI=1S/C58H39NS/c1-3-14-40(15-4-1)45-20-11-21-49(38-45)59(48-35-30-44(31-36-48)52-24-13-26-55-54-23-9-10-27-57(54)60-58(52)55)47-33-28-41(29-34-47)46-32-37-51(42-16-5-2-6-17-42)56(39-46)53-25-12-19-43-18-7-8-22-50(43)53/h1-39H. The second-order valence-corrected chi connectivity index (χ2v) is 16.3. The van der Waals surface area contributed by atoms with E-state index in [0.29, 0.717) is 0 Å². The van der Waals surface area contributed by atoms with Gasteiger partial charge in [0.15, 0.2) is 0 Å². The molecule has 10 aromatic carbocycles. The van der Waals surface area contributed by atoms with Crippen LogP contribution >= 0.6 is 11.3 Å². The third kappa shape index (κ3) is 6.54. The number of hydrogen-bond donors (Lipinski definition) is 0. The molecule has 11 rings (SSSR count). The van der Waals surface area contributed by atoms with Gasteiger partial charge in [0.2, 0.25) is 0 Å². The van der Waals surface area contributed by atoms with E-state index in [2.05, 4.69) is 241 Å². The van der Waals surface area contributed by atoms with E-state index in [1.807, 2.05) is 11.3 Å². The normalized spacial score (nSPS) is 11.3. The molecule has 282 valence electrons. The largest absolute Gasteiger partial charge is 0.310 e. The average Bonchev–Trinajstić information content (AvgIpc) is 3.72. The molecule has 0 atom stereocenters. The highest BCUT2D eigenvalue weighted by Gasteiger charge is 2.17. The van der Waals surface area contributed by atoms with Crippen molar-refractivity contribution in [2.24, 2.45) is 0 Å². The third-order valence-corrected chi connectivity index (χ3v) is 12.9. The van der Waals surface area contributed by atoms with Gasteiger partial charge in [0.05, 0.1) is 0 Å². The van der Waals surface area contributed by atoms with Crippen LogP contribution in [0.4, 0.5) is 17.1 Å². The molecular weight excluding hydrogens is 743 g/mol. The van der Waals surface area contributed by atoms with E-state index in [4.69, 9.17) is 0 Å². The fourth-order valence-corrected chi connectivity index (χ4v) is 9.98. The zero-order chi connectivity index (χ0) is 39.8. The summed E-state index contributed by atoms with van der Waals surface area (Å²) in [5, 5.41) is 5.13. The Morgan fingerprint density at radius 1 is 0.267 bits per heavy atom. The van der Waals surface area contributed by atoms with Crippen molar-refractivity contribution in [2.75, 3.05) is 4.90 Å². The number of rotatable bonds is 8. The number of nitrogens with zero attached hydrogens (tertiary/aromatic N) is 1. The first-order chi connectivity index (χ1) is 29.7. The van der Waals surface area contributed by atoms with Crippen molar-refractivity contribution in [2.45, 2.75) is 0 Å². The van der Waals surface area contributed by atoms with Crippen LogP contribution in [0.2, 0.25) is 0 Å². The summed E-state index contributed by atoms with van der Waals surface area (Å²) in [6.45, 7) is 0. The third-order valence-electron chi connectivity index (χ3n) is 11.7. The summed E-state index contributed by atoms with van der Waals surface area (Å²) in [6, 6.07) is 86.1. The first-order valence-electron chi connectivity index (χ1n) is 20.5. The predicted molar refractivity (Wildman–Crippen MR) is 259 cm³/mol. The van der Waals surface area contributed by atoms with Crippen molar-refractivity contribution in [3.05, 3.63) is 237 Å². The summed E-state index contributed by atoms with van der Waals surface area (Å²) in [6.07, 6.45) is 0. The Morgan fingerprint density at radius 3 is 1.57 bits per heavy atom. The summed E-state index contributed by atoms with van der Waals surface area (Å²) in [5.41, 5.74) is 15.4. The molecule has 1 heterocycles. The molecule has 0 saturated heterocycles. The highest BCUT2D eigenvalue weighted by molar-refractivity contribution is 7.26. The smallest absolute Gasteiger partial charge is 0.0467 e. The van der Waals surface area contributed by atoms with Crippen molar-refractivity contribution < 1.29 is 0 Å². The zero-order valence-electron chi connectivity index (χ0n) is 32.9.